The number of rotatable bonds is 10. The van der Waals surface area contributed by atoms with Gasteiger partial charge in [-0.25, -0.2) is 0 Å². The zero-order chi connectivity index (χ0) is 26.5. The Morgan fingerprint density at radius 2 is 1.72 bits per heavy atom. The third-order valence-electron chi connectivity index (χ3n) is 6.49. The maximum absolute atomic E-state index is 13.8. The molecule has 0 spiro atoms. The summed E-state index contributed by atoms with van der Waals surface area (Å²) in [5.74, 6) is 1.01. The predicted molar refractivity (Wildman–Crippen MR) is 140 cm³/mol. The van der Waals surface area contributed by atoms with Crippen LogP contribution in [0.15, 0.2) is 30.3 Å². The molecule has 2 aromatic rings. The summed E-state index contributed by atoms with van der Waals surface area (Å²) in [7, 11) is 0.862. The monoisotopic (exact) mass is 559 g/mol. The largest absolute Gasteiger partial charge is 0.493 e. The van der Waals surface area contributed by atoms with Crippen molar-refractivity contribution in [3.63, 3.8) is 0 Å². The van der Waals surface area contributed by atoms with Crippen molar-refractivity contribution < 1.29 is 31.6 Å². The number of benzene rings is 2. The Bertz CT molecular complexity index is 1180. The molecule has 8 nitrogen and oxygen atoms in total. The zero-order valence-corrected chi connectivity index (χ0v) is 23.1. The van der Waals surface area contributed by atoms with Crippen molar-refractivity contribution in [1.82, 2.24) is 5.32 Å². The van der Waals surface area contributed by atoms with E-state index < -0.39 is 21.6 Å². The average molecular weight is 560 g/mol. The van der Waals surface area contributed by atoms with Crippen LogP contribution in [0.5, 0.6) is 17.2 Å². The summed E-state index contributed by atoms with van der Waals surface area (Å²) in [6.45, 7) is 0.584. The summed E-state index contributed by atoms with van der Waals surface area (Å²) in [5.41, 5.74) is 0.698. The lowest BCUT2D eigenvalue weighted by molar-refractivity contribution is 0.0922. The first-order valence-electron chi connectivity index (χ1n) is 11.4. The number of carbonyl (C=O) groups is 1. The number of ketones is 1. The van der Waals surface area contributed by atoms with E-state index >= 15 is 0 Å². The lowest BCUT2D eigenvalue weighted by atomic mass is 9.70. The quantitative estimate of drug-likeness (QED) is 0.331. The molecule has 0 aliphatic carbocycles. The van der Waals surface area contributed by atoms with Gasteiger partial charge in [0.1, 0.15) is 0 Å². The first-order chi connectivity index (χ1) is 17.0. The molecule has 0 saturated carbocycles. The van der Waals surface area contributed by atoms with Gasteiger partial charge in [0.15, 0.2) is 17.3 Å². The lowest BCUT2D eigenvalue weighted by Crippen LogP contribution is -2.41. The summed E-state index contributed by atoms with van der Waals surface area (Å²) in [5, 5.41) is 4.17. The van der Waals surface area contributed by atoms with Crippen molar-refractivity contribution in [1.29, 1.82) is 0 Å². The predicted octanol–water partition coefficient (Wildman–Crippen LogP) is 4.65. The van der Waals surface area contributed by atoms with Gasteiger partial charge in [0.2, 0.25) is 5.75 Å². The molecule has 1 saturated heterocycles. The third kappa shape index (κ3) is 6.63. The van der Waals surface area contributed by atoms with Gasteiger partial charge in [-0.15, -0.1) is 0 Å². The van der Waals surface area contributed by atoms with Gasteiger partial charge in [0.25, 0.3) is 10.1 Å². The van der Waals surface area contributed by atoms with E-state index in [4.69, 9.17) is 41.6 Å². The maximum Gasteiger partial charge on any atom is 0.264 e. The number of ether oxygens (including phenoxy) is 3. The molecule has 2 unspecified atom stereocenters. The van der Waals surface area contributed by atoms with Crippen LogP contribution < -0.4 is 19.5 Å². The Labute approximate surface area is 222 Å². The molecule has 2 aromatic carbocycles. The van der Waals surface area contributed by atoms with Crippen molar-refractivity contribution in [2.45, 2.75) is 37.1 Å². The van der Waals surface area contributed by atoms with Crippen molar-refractivity contribution in [3.8, 4) is 17.2 Å². The number of nitrogens with one attached hydrogen (secondary N) is 1. The van der Waals surface area contributed by atoms with Gasteiger partial charge in [-0.05, 0) is 67.5 Å². The summed E-state index contributed by atoms with van der Waals surface area (Å²) in [6, 6.07) is 8.07. The first-order valence-corrected chi connectivity index (χ1v) is 14.0. The van der Waals surface area contributed by atoms with Crippen LogP contribution in [0.3, 0.4) is 0 Å². The summed E-state index contributed by atoms with van der Waals surface area (Å²) in [4.78, 5) is 13.8. The van der Waals surface area contributed by atoms with E-state index in [9.17, 15) is 13.2 Å². The highest BCUT2D eigenvalue weighted by Crippen LogP contribution is 2.43. The van der Waals surface area contributed by atoms with Crippen molar-refractivity contribution >= 4 is 39.1 Å². The fraction of sp³-hybridized carbons (Fsp3) is 0.480. The molecule has 2 atom stereocenters. The lowest BCUT2D eigenvalue weighted by Gasteiger charge is -2.35. The second kappa shape index (κ2) is 12.0. The number of hydrogen-bond acceptors (Lipinski definition) is 8. The Morgan fingerprint density at radius 3 is 2.28 bits per heavy atom. The smallest absolute Gasteiger partial charge is 0.264 e. The molecule has 1 aliphatic heterocycles. The minimum Gasteiger partial charge on any atom is -0.493 e. The van der Waals surface area contributed by atoms with Crippen LogP contribution in [-0.4, -0.2) is 61.0 Å². The third-order valence-corrected chi connectivity index (χ3v) is 7.83. The van der Waals surface area contributed by atoms with Crippen LogP contribution in [0, 0.1) is 0 Å². The average Bonchev–Trinajstić information content (AvgIpc) is 3.07. The molecular weight excluding hydrogens is 529 g/mol. The van der Waals surface area contributed by atoms with Gasteiger partial charge in [-0.2, -0.15) is 8.42 Å². The fourth-order valence-corrected chi connectivity index (χ4v) is 5.41. The van der Waals surface area contributed by atoms with Gasteiger partial charge in [0.05, 0.1) is 50.3 Å². The molecule has 0 aromatic heterocycles. The van der Waals surface area contributed by atoms with Crippen LogP contribution in [0.1, 0.15) is 41.6 Å². The molecule has 0 radical (unpaired) electrons. The van der Waals surface area contributed by atoms with E-state index in [0.717, 1.165) is 18.2 Å². The minimum atomic E-state index is -3.62. The number of carbonyl (C=O) groups excluding carboxylic acids is 1. The van der Waals surface area contributed by atoms with E-state index in [0.29, 0.717) is 58.7 Å². The molecule has 36 heavy (non-hydrogen) atoms. The van der Waals surface area contributed by atoms with Crippen LogP contribution >= 0.6 is 23.2 Å². The Morgan fingerprint density at radius 1 is 1.06 bits per heavy atom. The van der Waals surface area contributed by atoms with Gasteiger partial charge in [0, 0.05) is 5.56 Å². The topological polar surface area (TPSA) is 100 Å². The molecule has 3 rings (SSSR count). The van der Waals surface area contributed by atoms with E-state index in [2.05, 4.69) is 5.32 Å². The highest BCUT2D eigenvalue weighted by molar-refractivity contribution is 7.85. The van der Waals surface area contributed by atoms with E-state index in [1.54, 1.807) is 24.3 Å². The second-order valence-corrected chi connectivity index (χ2v) is 11.2. The van der Waals surface area contributed by atoms with Crippen molar-refractivity contribution in [2.24, 2.45) is 0 Å². The second-order valence-electron chi connectivity index (χ2n) is 8.78. The number of halogens is 2. The Kier molecular flexibility index (Phi) is 9.51. The Balaban J connectivity index is 2.01. The number of Topliss-reactive ketones (excluding diaryl/α,β-unsaturated/α-hetero) is 1. The normalized spacial score (nSPS) is 20.4. The first kappa shape index (κ1) is 28.5. The van der Waals surface area contributed by atoms with Crippen molar-refractivity contribution in [2.75, 3.05) is 40.7 Å². The van der Waals surface area contributed by atoms with E-state index in [1.807, 2.05) is 6.07 Å². The molecule has 0 bridgehead atoms. The van der Waals surface area contributed by atoms with Crippen LogP contribution in [0.25, 0.3) is 0 Å². The van der Waals surface area contributed by atoms with Crippen LogP contribution in [0.4, 0.5) is 0 Å². The van der Waals surface area contributed by atoms with Gasteiger partial charge in [-0.3, -0.25) is 8.98 Å². The minimum absolute atomic E-state index is 0.0236. The standard InChI is InChI=1S/C25H31Cl2NO7S/c1-32-21-12-16(13-22(33-2)24(21)34-3)23(29)20-15-25(8-5-10-28-20,9-11-35-36(4,30)31)17-6-7-18(26)19(27)14-17/h6-7,12-14,20,28H,5,8-11,15H2,1-4H3. The van der Waals surface area contributed by atoms with E-state index in [1.165, 1.54) is 21.3 Å². The fourth-order valence-electron chi connectivity index (χ4n) is 4.73. The molecule has 1 aliphatic rings. The summed E-state index contributed by atoms with van der Waals surface area (Å²) < 4.78 is 44.6. The van der Waals surface area contributed by atoms with Crippen LogP contribution in [0.2, 0.25) is 10.0 Å². The van der Waals surface area contributed by atoms with Gasteiger partial charge in [-0.1, -0.05) is 29.3 Å². The zero-order valence-electron chi connectivity index (χ0n) is 20.7. The van der Waals surface area contributed by atoms with Crippen molar-refractivity contribution in [3.05, 3.63) is 51.5 Å². The molecule has 1 heterocycles. The summed E-state index contributed by atoms with van der Waals surface area (Å²) >= 11 is 12.5. The van der Waals surface area contributed by atoms with Gasteiger partial charge < -0.3 is 19.5 Å². The molecule has 11 heteroatoms. The van der Waals surface area contributed by atoms with Crippen LogP contribution in [-0.2, 0) is 19.7 Å². The number of methoxy groups -OCH3 is 3. The number of hydrogen-bond donors (Lipinski definition) is 1. The molecule has 1 fully saturated rings. The molecule has 0 amide bonds. The molecular formula is C25H31Cl2NO7S. The van der Waals surface area contributed by atoms with Gasteiger partial charge >= 0.3 is 0 Å². The molecule has 198 valence electrons. The Hall–Kier alpha value is -2.04. The highest BCUT2D eigenvalue weighted by atomic mass is 35.5. The SMILES string of the molecule is COc1cc(C(=O)C2CC(CCOS(C)(=O)=O)(c3ccc(Cl)c(Cl)c3)CCCN2)cc(OC)c1OC. The summed E-state index contributed by atoms with van der Waals surface area (Å²) in [6.07, 6.45) is 3.25. The maximum atomic E-state index is 13.8. The molecule has 1 N–H and O–H groups in total. The van der Waals surface area contributed by atoms with E-state index in [-0.39, 0.29) is 12.4 Å². The highest BCUT2D eigenvalue weighted by Gasteiger charge is 2.39.